The number of ether oxygens (including phenoxy) is 2. The maximum atomic E-state index is 12.6. The third-order valence-electron chi connectivity index (χ3n) is 5.20. The summed E-state index contributed by atoms with van der Waals surface area (Å²) < 4.78 is 11.9. The molecule has 2 saturated heterocycles. The first-order valence-electron chi connectivity index (χ1n) is 8.90. The average Bonchev–Trinajstić information content (AvgIpc) is 3.20. The molecule has 0 radical (unpaired) electrons. The standard InChI is InChI=1S/C19H23N3O3S/c1-13-3-4-15(7-20-13)18(23)22-11-19(12-22)16(5-6-25-19)8-24-9-17-10-26-14(2)21-17/h3-4,7,10,16H,5-6,8-9,11-12H2,1-2H3/t16-/m1/s1. The Balaban J connectivity index is 1.31. The summed E-state index contributed by atoms with van der Waals surface area (Å²) in [5.41, 5.74) is 2.28. The molecule has 1 spiro atoms. The van der Waals surface area contributed by atoms with E-state index in [0.29, 0.717) is 37.8 Å². The molecule has 2 aromatic rings. The van der Waals surface area contributed by atoms with Crippen molar-refractivity contribution in [1.82, 2.24) is 14.9 Å². The topological polar surface area (TPSA) is 64.6 Å². The second-order valence-electron chi connectivity index (χ2n) is 7.12. The smallest absolute Gasteiger partial charge is 0.255 e. The number of thiazole rings is 1. The first-order chi connectivity index (χ1) is 12.6. The van der Waals surface area contributed by atoms with Crippen molar-refractivity contribution in [2.45, 2.75) is 32.5 Å². The number of carbonyl (C=O) groups is 1. The highest BCUT2D eigenvalue weighted by molar-refractivity contribution is 7.09. The Labute approximate surface area is 157 Å². The highest BCUT2D eigenvalue weighted by atomic mass is 32.1. The van der Waals surface area contributed by atoms with Crippen LogP contribution in [0.5, 0.6) is 0 Å². The second-order valence-corrected chi connectivity index (χ2v) is 8.18. The van der Waals surface area contributed by atoms with Gasteiger partial charge in [-0.15, -0.1) is 11.3 Å². The summed E-state index contributed by atoms with van der Waals surface area (Å²) in [6.45, 7) is 7.08. The van der Waals surface area contributed by atoms with E-state index in [1.165, 1.54) is 0 Å². The van der Waals surface area contributed by atoms with Gasteiger partial charge in [-0.05, 0) is 32.4 Å². The molecule has 138 valence electrons. The van der Waals surface area contributed by atoms with Gasteiger partial charge in [-0.3, -0.25) is 9.78 Å². The van der Waals surface area contributed by atoms with E-state index in [-0.39, 0.29) is 11.5 Å². The van der Waals surface area contributed by atoms with Crippen LogP contribution < -0.4 is 0 Å². The predicted octanol–water partition coefficient (Wildman–Crippen LogP) is 2.60. The number of pyridine rings is 1. The molecule has 2 fully saturated rings. The van der Waals surface area contributed by atoms with Crippen LogP contribution in [0.2, 0.25) is 0 Å². The SMILES string of the molecule is Cc1ccc(C(=O)N2CC3(C2)OCC[C@@H]3COCc2csc(C)n2)cn1. The summed E-state index contributed by atoms with van der Waals surface area (Å²) >= 11 is 1.64. The fraction of sp³-hybridized carbons (Fsp3) is 0.526. The Kier molecular flexibility index (Phi) is 4.77. The highest BCUT2D eigenvalue weighted by Gasteiger charge is 2.54. The van der Waals surface area contributed by atoms with Crippen molar-refractivity contribution >= 4 is 17.2 Å². The molecule has 6 nitrogen and oxygen atoms in total. The normalized spacial score (nSPS) is 21.2. The molecule has 2 aliphatic rings. The van der Waals surface area contributed by atoms with Crippen LogP contribution in [0, 0.1) is 19.8 Å². The van der Waals surface area contributed by atoms with Crippen molar-refractivity contribution in [3.8, 4) is 0 Å². The minimum atomic E-state index is -0.244. The molecule has 2 aliphatic heterocycles. The Morgan fingerprint density at radius 3 is 2.96 bits per heavy atom. The van der Waals surface area contributed by atoms with E-state index in [1.807, 2.05) is 36.3 Å². The molecule has 7 heteroatoms. The van der Waals surface area contributed by atoms with Crippen molar-refractivity contribution in [1.29, 1.82) is 0 Å². The molecule has 2 aromatic heterocycles. The predicted molar refractivity (Wildman–Crippen MR) is 98.2 cm³/mol. The maximum absolute atomic E-state index is 12.6. The van der Waals surface area contributed by atoms with E-state index < -0.39 is 0 Å². The molecular formula is C19H23N3O3S. The third kappa shape index (κ3) is 3.39. The van der Waals surface area contributed by atoms with Crippen molar-refractivity contribution in [3.05, 3.63) is 45.7 Å². The summed E-state index contributed by atoms with van der Waals surface area (Å²) in [6.07, 6.45) is 2.62. The molecule has 0 N–H and O–H groups in total. The van der Waals surface area contributed by atoms with Crippen molar-refractivity contribution < 1.29 is 14.3 Å². The number of hydrogen-bond acceptors (Lipinski definition) is 6. The number of aryl methyl sites for hydroxylation is 2. The first-order valence-corrected chi connectivity index (χ1v) is 9.78. The number of likely N-dealkylation sites (tertiary alicyclic amines) is 1. The molecule has 26 heavy (non-hydrogen) atoms. The van der Waals surface area contributed by atoms with Gasteiger partial charge in [0, 0.05) is 29.8 Å². The molecule has 0 aromatic carbocycles. The lowest BCUT2D eigenvalue weighted by Crippen LogP contribution is -2.66. The van der Waals surface area contributed by atoms with Gasteiger partial charge in [-0.1, -0.05) is 0 Å². The zero-order valence-electron chi connectivity index (χ0n) is 15.1. The molecule has 1 atom stereocenters. The van der Waals surface area contributed by atoms with Gasteiger partial charge in [-0.2, -0.15) is 0 Å². The maximum Gasteiger partial charge on any atom is 0.255 e. The van der Waals surface area contributed by atoms with Gasteiger partial charge in [0.25, 0.3) is 5.91 Å². The minimum absolute atomic E-state index is 0.0243. The number of carbonyl (C=O) groups excluding carboxylic acids is 1. The van der Waals surface area contributed by atoms with Crippen molar-refractivity contribution in [2.24, 2.45) is 5.92 Å². The second kappa shape index (κ2) is 7.06. The van der Waals surface area contributed by atoms with Crippen LogP contribution in [0.15, 0.2) is 23.7 Å². The summed E-state index contributed by atoms with van der Waals surface area (Å²) in [6, 6.07) is 3.70. The molecule has 4 heterocycles. The first kappa shape index (κ1) is 17.6. The zero-order valence-corrected chi connectivity index (χ0v) is 15.9. The van der Waals surface area contributed by atoms with Gasteiger partial charge in [-0.25, -0.2) is 4.98 Å². The number of amides is 1. The Morgan fingerprint density at radius 2 is 2.27 bits per heavy atom. The van der Waals surface area contributed by atoms with Crippen molar-refractivity contribution in [3.63, 3.8) is 0 Å². The van der Waals surface area contributed by atoms with Gasteiger partial charge >= 0.3 is 0 Å². The lowest BCUT2D eigenvalue weighted by Gasteiger charge is -2.50. The van der Waals surface area contributed by atoms with Gasteiger partial charge in [0.15, 0.2) is 0 Å². The number of nitrogens with zero attached hydrogens (tertiary/aromatic N) is 3. The fourth-order valence-electron chi connectivity index (χ4n) is 3.67. The largest absolute Gasteiger partial charge is 0.375 e. The summed E-state index contributed by atoms with van der Waals surface area (Å²) in [7, 11) is 0. The lowest BCUT2D eigenvalue weighted by molar-refractivity contribution is -0.129. The van der Waals surface area contributed by atoms with E-state index in [2.05, 4.69) is 9.97 Å². The Morgan fingerprint density at radius 1 is 1.42 bits per heavy atom. The average molecular weight is 373 g/mol. The Bertz CT molecular complexity index is 784. The number of hydrogen-bond donors (Lipinski definition) is 0. The van der Waals surface area contributed by atoms with Gasteiger partial charge < -0.3 is 14.4 Å². The van der Waals surface area contributed by atoms with Crippen LogP contribution in [0.4, 0.5) is 0 Å². The van der Waals surface area contributed by atoms with E-state index in [9.17, 15) is 4.79 Å². The van der Waals surface area contributed by atoms with E-state index in [4.69, 9.17) is 9.47 Å². The highest BCUT2D eigenvalue weighted by Crippen LogP contribution is 2.40. The summed E-state index contributed by atoms with van der Waals surface area (Å²) in [5, 5.41) is 3.10. The third-order valence-corrected chi connectivity index (χ3v) is 6.02. The summed E-state index contributed by atoms with van der Waals surface area (Å²) in [5.74, 6) is 0.346. The molecule has 0 aliphatic carbocycles. The van der Waals surface area contributed by atoms with Crippen molar-refractivity contribution in [2.75, 3.05) is 26.3 Å². The van der Waals surface area contributed by atoms with Gasteiger partial charge in [0.2, 0.25) is 0 Å². The molecule has 0 bridgehead atoms. The van der Waals surface area contributed by atoms with Crippen LogP contribution in [0.25, 0.3) is 0 Å². The van der Waals surface area contributed by atoms with Crippen LogP contribution in [-0.4, -0.2) is 52.7 Å². The van der Waals surface area contributed by atoms with E-state index in [0.717, 1.165) is 29.4 Å². The fourth-order valence-corrected chi connectivity index (χ4v) is 4.27. The monoisotopic (exact) mass is 373 g/mol. The zero-order chi connectivity index (χ0) is 18.1. The molecule has 4 rings (SSSR count). The summed E-state index contributed by atoms with van der Waals surface area (Å²) in [4.78, 5) is 23.1. The van der Waals surface area contributed by atoms with Crippen LogP contribution in [-0.2, 0) is 16.1 Å². The Hall–Kier alpha value is -1.83. The number of rotatable bonds is 5. The molecular weight excluding hydrogens is 350 g/mol. The van der Waals surface area contributed by atoms with Gasteiger partial charge in [0.05, 0.1) is 42.6 Å². The molecule has 0 saturated carbocycles. The van der Waals surface area contributed by atoms with Crippen LogP contribution in [0.1, 0.15) is 33.2 Å². The quantitative estimate of drug-likeness (QED) is 0.806. The number of aromatic nitrogens is 2. The molecule has 1 amide bonds. The van der Waals surface area contributed by atoms with E-state index >= 15 is 0 Å². The van der Waals surface area contributed by atoms with Crippen LogP contribution in [0.3, 0.4) is 0 Å². The van der Waals surface area contributed by atoms with E-state index in [1.54, 1.807) is 17.5 Å². The lowest BCUT2D eigenvalue weighted by atomic mass is 9.81. The van der Waals surface area contributed by atoms with Gasteiger partial charge in [0.1, 0.15) is 5.60 Å². The minimum Gasteiger partial charge on any atom is -0.375 e. The van der Waals surface area contributed by atoms with Crippen LogP contribution >= 0.6 is 11.3 Å². The molecule has 0 unspecified atom stereocenters.